The first-order valence-corrected chi connectivity index (χ1v) is 6.35. The Balaban J connectivity index is 2.18. The van der Waals surface area contributed by atoms with Gasteiger partial charge in [-0.15, -0.1) is 0 Å². The molecule has 0 saturated heterocycles. The van der Waals surface area contributed by atoms with E-state index < -0.39 is 0 Å². The van der Waals surface area contributed by atoms with Crippen molar-refractivity contribution in [1.82, 2.24) is 4.90 Å². The number of nitrogens with two attached hydrogens (primary N) is 1. The lowest BCUT2D eigenvalue weighted by molar-refractivity contribution is -0.146. The quantitative estimate of drug-likeness (QED) is 0.809. The number of carbonyl (C=O) groups is 1. The summed E-state index contributed by atoms with van der Waals surface area (Å²) in [5, 5.41) is 0. The fourth-order valence-corrected chi connectivity index (χ4v) is 2.52. The van der Waals surface area contributed by atoms with Gasteiger partial charge in [0.15, 0.2) is 0 Å². The van der Waals surface area contributed by atoms with Crippen LogP contribution in [0.3, 0.4) is 0 Å². The van der Waals surface area contributed by atoms with Crippen LogP contribution in [0.25, 0.3) is 0 Å². The molecule has 0 spiro atoms. The molecule has 4 heteroatoms. The summed E-state index contributed by atoms with van der Waals surface area (Å²) < 4.78 is 4.82. The van der Waals surface area contributed by atoms with Gasteiger partial charge in [0.25, 0.3) is 0 Å². The lowest BCUT2D eigenvalue weighted by atomic mass is 10.0. The number of ether oxygens (including phenoxy) is 1. The average Bonchev–Trinajstić information content (AvgIpc) is 2.61. The van der Waals surface area contributed by atoms with E-state index in [1.165, 1.54) is 18.2 Å². The second-order valence-corrected chi connectivity index (χ2v) is 4.62. The van der Waals surface area contributed by atoms with Gasteiger partial charge in [0.05, 0.1) is 7.11 Å². The topological polar surface area (TPSA) is 55.6 Å². The van der Waals surface area contributed by atoms with E-state index in [0.717, 1.165) is 25.9 Å². The van der Waals surface area contributed by atoms with Crippen LogP contribution in [0.1, 0.15) is 17.5 Å². The van der Waals surface area contributed by atoms with Crippen LogP contribution in [-0.4, -0.2) is 37.1 Å². The van der Waals surface area contributed by atoms with Crippen molar-refractivity contribution >= 4 is 5.97 Å². The second-order valence-electron chi connectivity index (χ2n) is 4.62. The standard InChI is InChI=1S/C14H20N2O2/c1-18-14(17)13(9-15)16-8-4-7-11-5-2-3-6-12(11)10-16/h2-3,5-6,13H,4,7-10,15H2,1H3. The minimum absolute atomic E-state index is 0.239. The molecule has 0 aliphatic carbocycles. The fourth-order valence-electron chi connectivity index (χ4n) is 2.52. The lowest BCUT2D eigenvalue weighted by Gasteiger charge is -2.27. The van der Waals surface area contributed by atoms with Crippen molar-refractivity contribution in [2.75, 3.05) is 20.2 Å². The van der Waals surface area contributed by atoms with Gasteiger partial charge in [0.1, 0.15) is 6.04 Å². The molecular formula is C14H20N2O2. The molecular weight excluding hydrogens is 228 g/mol. The lowest BCUT2D eigenvalue weighted by Crippen LogP contribution is -2.46. The fraction of sp³-hybridized carbons (Fsp3) is 0.500. The van der Waals surface area contributed by atoms with E-state index in [9.17, 15) is 4.79 Å². The van der Waals surface area contributed by atoms with Crippen molar-refractivity contribution in [2.24, 2.45) is 5.73 Å². The summed E-state index contributed by atoms with van der Waals surface area (Å²) in [5.41, 5.74) is 8.37. The average molecular weight is 248 g/mol. The highest BCUT2D eigenvalue weighted by molar-refractivity contribution is 5.76. The number of methoxy groups -OCH3 is 1. The third-order valence-electron chi connectivity index (χ3n) is 3.52. The Bertz CT molecular complexity index is 420. The highest BCUT2D eigenvalue weighted by Gasteiger charge is 2.27. The summed E-state index contributed by atoms with van der Waals surface area (Å²) in [7, 11) is 1.41. The van der Waals surface area contributed by atoms with Gasteiger partial charge in [-0.2, -0.15) is 0 Å². The Morgan fingerprint density at radius 3 is 2.83 bits per heavy atom. The number of benzene rings is 1. The maximum atomic E-state index is 11.7. The molecule has 0 saturated carbocycles. The Labute approximate surface area is 108 Å². The molecule has 0 fully saturated rings. The van der Waals surface area contributed by atoms with E-state index in [0.29, 0.717) is 6.54 Å². The van der Waals surface area contributed by atoms with Gasteiger partial charge in [-0.25, -0.2) is 0 Å². The maximum Gasteiger partial charge on any atom is 0.324 e. The van der Waals surface area contributed by atoms with E-state index in [2.05, 4.69) is 23.1 Å². The summed E-state index contributed by atoms with van der Waals surface area (Å²) in [6.45, 7) is 1.95. The Morgan fingerprint density at radius 1 is 1.44 bits per heavy atom. The molecule has 1 aliphatic rings. The first-order chi connectivity index (χ1) is 8.76. The van der Waals surface area contributed by atoms with E-state index in [1.807, 2.05) is 6.07 Å². The molecule has 98 valence electrons. The van der Waals surface area contributed by atoms with Gasteiger partial charge >= 0.3 is 5.97 Å². The molecule has 2 N–H and O–H groups in total. The minimum Gasteiger partial charge on any atom is -0.468 e. The summed E-state index contributed by atoms with van der Waals surface area (Å²) in [6.07, 6.45) is 2.11. The van der Waals surface area contributed by atoms with Gasteiger partial charge in [0, 0.05) is 13.1 Å². The highest BCUT2D eigenvalue weighted by Crippen LogP contribution is 2.20. The number of hydrogen-bond acceptors (Lipinski definition) is 4. The van der Waals surface area contributed by atoms with Gasteiger partial charge in [-0.05, 0) is 30.5 Å². The van der Waals surface area contributed by atoms with Crippen LogP contribution in [0.15, 0.2) is 24.3 Å². The number of nitrogens with zero attached hydrogens (tertiary/aromatic N) is 1. The molecule has 1 atom stereocenters. The zero-order chi connectivity index (χ0) is 13.0. The van der Waals surface area contributed by atoms with Crippen LogP contribution in [0.4, 0.5) is 0 Å². The van der Waals surface area contributed by atoms with Gasteiger partial charge in [-0.1, -0.05) is 24.3 Å². The van der Waals surface area contributed by atoms with E-state index in [-0.39, 0.29) is 12.0 Å². The largest absolute Gasteiger partial charge is 0.468 e. The van der Waals surface area contributed by atoms with Crippen molar-refractivity contribution in [3.8, 4) is 0 Å². The molecule has 18 heavy (non-hydrogen) atoms. The van der Waals surface area contributed by atoms with Crippen molar-refractivity contribution in [2.45, 2.75) is 25.4 Å². The number of hydrogen-bond donors (Lipinski definition) is 1. The third-order valence-corrected chi connectivity index (χ3v) is 3.52. The van der Waals surface area contributed by atoms with E-state index >= 15 is 0 Å². The molecule has 1 unspecified atom stereocenters. The molecule has 1 aromatic carbocycles. The first-order valence-electron chi connectivity index (χ1n) is 6.35. The summed E-state index contributed by atoms with van der Waals surface area (Å²) in [4.78, 5) is 13.8. The Morgan fingerprint density at radius 2 is 2.17 bits per heavy atom. The number of rotatable bonds is 3. The van der Waals surface area contributed by atoms with Gasteiger partial charge in [0.2, 0.25) is 0 Å². The summed E-state index contributed by atoms with van der Waals surface area (Å²) in [5.74, 6) is -0.239. The molecule has 1 aromatic rings. The van der Waals surface area contributed by atoms with Crippen LogP contribution >= 0.6 is 0 Å². The second kappa shape index (κ2) is 5.98. The normalized spacial score (nSPS) is 17.7. The van der Waals surface area contributed by atoms with E-state index in [1.54, 1.807) is 0 Å². The van der Waals surface area contributed by atoms with E-state index in [4.69, 9.17) is 10.5 Å². The monoisotopic (exact) mass is 248 g/mol. The Kier molecular flexibility index (Phi) is 4.33. The molecule has 4 nitrogen and oxygen atoms in total. The maximum absolute atomic E-state index is 11.7. The van der Waals surface area contributed by atoms with Crippen molar-refractivity contribution in [1.29, 1.82) is 0 Å². The first kappa shape index (κ1) is 13.1. The summed E-state index contributed by atoms with van der Waals surface area (Å²) >= 11 is 0. The van der Waals surface area contributed by atoms with Crippen LogP contribution in [-0.2, 0) is 22.5 Å². The number of fused-ring (bicyclic) bond motifs is 1. The van der Waals surface area contributed by atoms with Gasteiger partial charge in [-0.3, -0.25) is 9.69 Å². The molecule has 1 aliphatic heterocycles. The smallest absolute Gasteiger partial charge is 0.324 e. The SMILES string of the molecule is COC(=O)C(CN)N1CCCc2ccccc2C1. The zero-order valence-electron chi connectivity index (χ0n) is 10.8. The molecule has 0 amide bonds. The zero-order valence-corrected chi connectivity index (χ0v) is 10.8. The van der Waals surface area contributed by atoms with Crippen molar-refractivity contribution in [3.05, 3.63) is 35.4 Å². The predicted molar refractivity (Wildman–Crippen MR) is 70.0 cm³/mol. The molecule has 0 bridgehead atoms. The van der Waals surface area contributed by atoms with Crippen LogP contribution in [0, 0.1) is 0 Å². The van der Waals surface area contributed by atoms with Crippen molar-refractivity contribution < 1.29 is 9.53 Å². The third kappa shape index (κ3) is 2.71. The molecule has 0 aromatic heterocycles. The van der Waals surface area contributed by atoms with Crippen LogP contribution < -0.4 is 5.73 Å². The Hall–Kier alpha value is -1.39. The number of aryl methyl sites for hydroxylation is 1. The number of carbonyl (C=O) groups excluding carboxylic acids is 1. The van der Waals surface area contributed by atoms with Gasteiger partial charge < -0.3 is 10.5 Å². The minimum atomic E-state index is -0.332. The molecule has 0 radical (unpaired) electrons. The molecule has 2 rings (SSSR count). The highest BCUT2D eigenvalue weighted by atomic mass is 16.5. The summed E-state index contributed by atoms with van der Waals surface area (Å²) in [6, 6.07) is 8.06. The van der Waals surface area contributed by atoms with Crippen LogP contribution in [0.2, 0.25) is 0 Å². The van der Waals surface area contributed by atoms with Crippen molar-refractivity contribution in [3.63, 3.8) is 0 Å². The number of esters is 1. The molecule has 1 heterocycles. The predicted octanol–water partition coefficient (Wildman–Crippen LogP) is 0.935. The van der Waals surface area contributed by atoms with Crippen LogP contribution in [0.5, 0.6) is 0 Å².